The van der Waals surface area contributed by atoms with E-state index in [1.54, 1.807) is 0 Å². The van der Waals surface area contributed by atoms with Gasteiger partial charge in [-0.1, -0.05) is 0 Å². The molecule has 0 aliphatic carbocycles. The molecule has 0 unspecified atom stereocenters. The monoisotopic (exact) mass is 202 g/mol. The maximum Gasteiger partial charge on any atom is 0.236 e. The molecule has 7 heteroatoms. The van der Waals surface area contributed by atoms with Crippen LogP contribution < -0.4 is 16.8 Å². The molecule has 5 N–H and O–H groups in total. The minimum atomic E-state index is -0.952. The number of nitrogens with one attached hydrogen (secondary N) is 1. The number of aromatic nitrogens is 1. The second-order valence-corrected chi connectivity index (χ2v) is 2.51. The molecule has 1 aromatic heterocycles. The van der Waals surface area contributed by atoms with Gasteiger partial charge in [0.25, 0.3) is 0 Å². The van der Waals surface area contributed by atoms with Crippen LogP contribution in [0, 0.1) is 11.6 Å². The Kier molecular flexibility index (Phi) is 2.80. The van der Waals surface area contributed by atoms with Gasteiger partial charge in [-0.2, -0.15) is 0 Å². The molecule has 0 aliphatic rings. The molecule has 0 bridgehead atoms. The van der Waals surface area contributed by atoms with E-state index >= 15 is 0 Å². The summed E-state index contributed by atoms with van der Waals surface area (Å²) in [6.45, 7) is -0.297. The fourth-order valence-corrected chi connectivity index (χ4v) is 0.776. The van der Waals surface area contributed by atoms with E-state index in [-0.39, 0.29) is 12.4 Å². The SMILES string of the molecule is NC(=O)CNc1nc(N)c(F)cc1F. The van der Waals surface area contributed by atoms with Crippen LogP contribution >= 0.6 is 0 Å². The highest BCUT2D eigenvalue weighted by Gasteiger charge is 2.09. The molecular weight excluding hydrogens is 194 g/mol. The normalized spacial score (nSPS) is 9.86. The number of primary amides is 1. The van der Waals surface area contributed by atoms with Crippen LogP contribution in [-0.2, 0) is 4.79 Å². The zero-order valence-electron chi connectivity index (χ0n) is 7.05. The van der Waals surface area contributed by atoms with Gasteiger partial charge in [-0.05, 0) is 0 Å². The van der Waals surface area contributed by atoms with Crippen LogP contribution in [-0.4, -0.2) is 17.4 Å². The smallest absolute Gasteiger partial charge is 0.236 e. The number of rotatable bonds is 3. The Bertz CT molecular complexity index is 369. The van der Waals surface area contributed by atoms with Crippen molar-refractivity contribution in [2.24, 2.45) is 5.73 Å². The first-order valence-corrected chi connectivity index (χ1v) is 3.64. The Morgan fingerprint density at radius 1 is 1.50 bits per heavy atom. The Morgan fingerprint density at radius 3 is 2.71 bits per heavy atom. The van der Waals surface area contributed by atoms with Gasteiger partial charge in [0.1, 0.15) is 0 Å². The number of pyridine rings is 1. The molecule has 0 saturated heterocycles. The number of nitrogens with zero attached hydrogens (tertiary/aromatic N) is 1. The summed E-state index contributed by atoms with van der Waals surface area (Å²) in [6, 6.07) is 0.575. The second-order valence-electron chi connectivity index (χ2n) is 2.51. The summed E-state index contributed by atoms with van der Waals surface area (Å²) >= 11 is 0. The van der Waals surface area contributed by atoms with Gasteiger partial charge in [-0.25, -0.2) is 13.8 Å². The molecule has 76 valence electrons. The zero-order chi connectivity index (χ0) is 10.7. The van der Waals surface area contributed by atoms with E-state index in [1.807, 2.05) is 0 Å². The molecule has 0 aliphatic heterocycles. The van der Waals surface area contributed by atoms with Gasteiger partial charge < -0.3 is 16.8 Å². The largest absolute Gasteiger partial charge is 0.381 e. The molecule has 0 atom stereocenters. The van der Waals surface area contributed by atoms with E-state index in [1.165, 1.54) is 0 Å². The molecule has 0 aromatic carbocycles. The van der Waals surface area contributed by atoms with Crippen LogP contribution in [0.1, 0.15) is 0 Å². The highest BCUT2D eigenvalue weighted by molar-refractivity contribution is 5.78. The molecule has 1 heterocycles. The fraction of sp³-hybridized carbons (Fsp3) is 0.143. The molecule has 5 nitrogen and oxygen atoms in total. The van der Waals surface area contributed by atoms with E-state index in [0.29, 0.717) is 6.07 Å². The van der Waals surface area contributed by atoms with Crippen LogP contribution in [0.5, 0.6) is 0 Å². The molecule has 14 heavy (non-hydrogen) atoms. The average Bonchev–Trinajstić information content (AvgIpc) is 2.09. The fourth-order valence-electron chi connectivity index (χ4n) is 0.776. The molecular formula is C7H8F2N4O. The van der Waals surface area contributed by atoms with Crippen molar-refractivity contribution in [1.29, 1.82) is 0 Å². The van der Waals surface area contributed by atoms with Gasteiger partial charge in [0.2, 0.25) is 5.91 Å². The van der Waals surface area contributed by atoms with E-state index in [2.05, 4.69) is 10.3 Å². The third-order valence-corrected chi connectivity index (χ3v) is 1.39. The number of nitrogen functional groups attached to an aromatic ring is 1. The van der Waals surface area contributed by atoms with Crippen LogP contribution in [0.4, 0.5) is 20.4 Å². The molecule has 0 fully saturated rings. The lowest BCUT2D eigenvalue weighted by Gasteiger charge is -2.05. The Hall–Kier alpha value is -1.92. The summed E-state index contributed by atoms with van der Waals surface area (Å²) in [5.41, 5.74) is 9.89. The number of hydrogen-bond acceptors (Lipinski definition) is 4. The van der Waals surface area contributed by atoms with Crippen molar-refractivity contribution in [2.75, 3.05) is 17.6 Å². The molecule has 0 radical (unpaired) electrons. The van der Waals surface area contributed by atoms with Crippen LogP contribution in [0.25, 0.3) is 0 Å². The quantitative estimate of drug-likeness (QED) is 0.634. The number of carbonyl (C=O) groups is 1. The van der Waals surface area contributed by atoms with E-state index in [4.69, 9.17) is 11.5 Å². The second kappa shape index (κ2) is 3.86. The first-order valence-electron chi connectivity index (χ1n) is 3.64. The first kappa shape index (κ1) is 10.2. The topological polar surface area (TPSA) is 94.0 Å². The van der Waals surface area contributed by atoms with E-state index in [9.17, 15) is 13.6 Å². The third-order valence-electron chi connectivity index (χ3n) is 1.39. The first-order chi connectivity index (χ1) is 6.50. The van der Waals surface area contributed by atoms with Crippen molar-refractivity contribution in [3.63, 3.8) is 0 Å². The third kappa shape index (κ3) is 2.28. The highest BCUT2D eigenvalue weighted by atomic mass is 19.1. The van der Waals surface area contributed by atoms with Crippen LogP contribution in [0.3, 0.4) is 0 Å². The summed E-state index contributed by atoms with van der Waals surface area (Å²) in [5.74, 6) is -3.32. The summed E-state index contributed by atoms with van der Waals surface area (Å²) in [4.78, 5) is 13.7. The minimum Gasteiger partial charge on any atom is -0.381 e. The predicted molar refractivity (Wildman–Crippen MR) is 46.2 cm³/mol. The van der Waals surface area contributed by atoms with E-state index < -0.39 is 23.4 Å². The zero-order valence-corrected chi connectivity index (χ0v) is 7.05. The molecule has 0 spiro atoms. The van der Waals surface area contributed by atoms with Crippen molar-refractivity contribution in [3.8, 4) is 0 Å². The number of anilines is 2. The number of amides is 1. The summed E-state index contributed by atoms with van der Waals surface area (Å²) < 4.78 is 25.5. The minimum absolute atomic E-state index is 0.297. The van der Waals surface area contributed by atoms with Gasteiger partial charge in [0.05, 0.1) is 6.54 Å². The summed E-state index contributed by atoms with van der Waals surface area (Å²) in [6.07, 6.45) is 0. The van der Waals surface area contributed by atoms with Crippen LogP contribution in [0.15, 0.2) is 6.07 Å². The van der Waals surface area contributed by atoms with Gasteiger partial charge in [0.15, 0.2) is 23.3 Å². The van der Waals surface area contributed by atoms with Crippen molar-refractivity contribution < 1.29 is 13.6 Å². The van der Waals surface area contributed by atoms with Crippen molar-refractivity contribution in [2.45, 2.75) is 0 Å². The lowest BCUT2D eigenvalue weighted by Crippen LogP contribution is -2.23. The van der Waals surface area contributed by atoms with Gasteiger partial charge in [-0.3, -0.25) is 4.79 Å². The van der Waals surface area contributed by atoms with Crippen molar-refractivity contribution in [1.82, 2.24) is 4.98 Å². The Labute approximate surface area is 78.1 Å². The lowest BCUT2D eigenvalue weighted by atomic mass is 10.4. The van der Waals surface area contributed by atoms with Gasteiger partial charge >= 0.3 is 0 Å². The maximum atomic E-state index is 12.9. The standard InChI is InChI=1S/C7H8F2N4O/c8-3-1-4(9)7(13-6(3)11)12-2-5(10)14/h1H,2H2,(H2,10,14)(H3,11,12,13). The Morgan fingerprint density at radius 2 is 2.14 bits per heavy atom. The Balaban J connectivity index is 2.87. The summed E-state index contributed by atoms with van der Waals surface area (Å²) in [5, 5.41) is 2.27. The number of hydrogen-bond donors (Lipinski definition) is 3. The van der Waals surface area contributed by atoms with Gasteiger partial charge in [0, 0.05) is 6.07 Å². The predicted octanol–water partition coefficient (Wildman–Crippen LogP) is -0.161. The van der Waals surface area contributed by atoms with Crippen molar-refractivity contribution >= 4 is 17.5 Å². The molecule has 1 amide bonds. The molecule has 0 saturated carbocycles. The highest BCUT2D eigenvalue weighted by Crippen LogP contribution is 2.15. The number of carbonyl (C=O) groups excluding carboxylic acids is 1. The maximum absolute atomic E-state index is 12.9. The molecule has 1 aromatic rings. The van der Waals surface area contributed by atoms with Gasteiger partial charge in [-0.15, -0.1) is 0 Å². The van der Waals surface area contributed by atoms with Crippen LogP contribution in [0.2, 0.25) is 0 Å². The van der Waals surface area contributed by atoms with Crippen molar-refractivity contribution in [3.05, 3.63) is 17.7 Å². The lowest BCUT2D eigenvalue weighted by molar-refractivity contribution is -0.116. The summed E-state index contributed by atoms with van der Waals surface area (Å²) in [7, 11) is 0. The number of halogens is 2. The molecule has 1 rings (SSSR count). The van der Waals surface area contributed by atoms with E-state index in [0.717, 1.165) is 0 Å². The average molecular weight is 202 g/mol. The number of nitrogens with two attached hydrogens (primary N) is 2.